The molecule has 0 unspecified atom stereocenters. The third-order valence-corrected chi connectivity index (χ3v) is 4.51. The van der Waals surface area contributed by atoms with Gasteiger partial charge >= 0.3 is 0 Å². The molecule has 0 aliphatic heterocycles. The van der Waals surface area contributed by atoms with Gasteiger partial charge in [-0.15, -0.1) is 0 Å². The van der Waals surface area contributed by atoms with Crippen LogP contribution in [-0.2, 0) is 25.9 Å². The topological polar surface area (TPSA) is 55.3 Å². The predicted molar refractivity (Wildman–Crippen MR) is 90.3 cm³/mol. The average molecular weight is 323 g/mol. The number of hydrogen-bond donors (Lipinski definition) is 0. The number of benzene rings is 1. The van der Waals surface area contributed by atoms with Crippen molar-refractivity contribution >= 4 is 0 Å². The highest BCUT2D eigenvalue weighted by Gasteiger charge is 2.20. The molecule has 5 heteroatoms. The number of rotatable bonds is 5. The van der Waals surface area contributed by atoms with Gasteiger partial charge in [0, 0.05) is 30.2 Å². The molecule has 0 N–H and O–H groups in total. The molecule has 4 rings (SSSR count). The van der Waals surface area contributed by atoms with Crippen molar-refractivity contribution in [1.29, 1.82) is 0 Å². The smallest absolute Gasteiger partial charge is 0.151 e. The largest absolute Gasteiger partial charge is 0.361 e. The van der Waals surface area contributed by atoms with E-state index in [1.54, 1.807) is 0 Å². The van der Waals surface area contributed by atoms with Crippen molar-refractivity contribution < 1.29 is 9.05 Å². The number of aryl methyl sites for hydroxylation is 1. The van der Waals surface area contributed by atoms with Crippen molar-refractivity contribution in [2.24, 2.45) is 0 Å². The van der Waals surface area contributed by atoms with E-state index >= 15 is 0 Å². The fraction of sp³-hybridized carbons (Fsp3) is 0.368. The number of nitrogens with zero attached hydrogens (tertiary/aromatic N) is 3. The van der Waals surface area contributed by atoms with Crippen molar-refractivity contribution in [2.75, 3.05) is 7.05 Å². The molecular formula is C19H21N3O2. The summed E-state index contributed by atoms with van der Waals surface area (Å²) >= 11 is 0. The Morgan fingerprint density at radius 2 is 1.83 bits per heavy atom. The molecule has 5 nitrogen and oxygen atoms in total. The maximum absolute atomic E-state index is 5.49. The van der Waals surface area contributed by atoms with E-state index in [4.69, 9.17) is 9.05 Å². The molecule has 0 bridgehead atoms. The zero-order chi connectivity index (χ0) is 16.4. The molecule has 1 aliphatic carbocycles. The minimum Gasteiger partial charge on any atom is -0.361 e. The van der Waals surface area contributed by atoms with Crippen LogP contribution in [0.5, 0.6) is 0 Å². The SMILES string of the molecule is CN(Cc1cc(-c2ccccc2)no1)Cc1noc2c1CCCC2. The number of hydrogen-bond acceptors (Lipinski definition) is 5. The highest BCUT2D eigenvalue weighted by atomic mass is 16.5. The van der Waals surface area contributed by atoms with E-state index in [1.165, 1.54) is 18.4 Å². The van der Waals surface area contributed by atoms with Gasteiger partial charge < -0.3 is 9.05 Å². The molecule has 124 valence electrons. The molecule has 0 amide bonds. The highest BCUT2D eigenvalue weighted by Crippen LogP contribution is 2.25. The first kappa shape index (κ1) is 15.1. The summed E-state index contributed by atoms with van der Waals surface area (Å²) in [6, 6.07) is 12.1. The van der Waals surface area contributed by atoms with Gasteiger partial charge in [-0.2, -0.15) is 0 Å². The van der Waals surface area contributed by atoms with Crippen molar-refractivity contribution in [3.63, 3.8) is 0 Å². The van der Waals surface area contributed by atoms with E-state index in [0.29, 0.717) is 6.54 Å². The summed E-state index contributed by atoms with van der Waals surface area (Å²) in [6.07, 6.45) is 4.54. The Labute approximate surface area is 141 Å². The van der Waals surface area contributed by atoms with Gasteiger partial charge in [0.25, 0.3) is 0 Å². The second-order valence-corrected chi connectivity index (χ2v) is 6.45. The van der Waals surface area contributed by atoms with Gasteiger partial charge in [-0.25, -0.2) is 0 Å². The predicted octanol–water partition coefficient (Wildman–Crippen LogP) is 3.84. The van der Waals surface area contributed by atoms with Crippen LogP contribution in [0.1, 0.15) is 35.6 Å². The molecule has 1 aliphatic rings. The van der Waals surface area contributed by atoms with E-state index in [2.05, 4.69) is 22.3 Å². The Kier molecular flexibility index (Phi) is 4.17. The molecule has 24 heavy (non-hydrogen) atoms. The summed E-state index contributed by atoms with van der Waals surface area (Å²) in [4.78, 5) is 2.18. The lowest BCUT2D eigenvalue weighted by Gasteiger charge is -2.15. The van der Waals surface area contributed by atoms with Crippen LogP contribution >= 0.6 is 0 Å². The molecule has 1 aromatic carbocycles. The van der Waals surface area contributed by atoms with E-state index < -0.39 is 0 Å². The van der Waals surface area contributed by atoms with Crippen molar-refractivity contribution in [2.45, 2.75) is 38.8 Å². The second-order valence-electron chi connectivity index (χ2n) is 6.45. The van der Waals surface area contributed by atoms with Crippen LogP contribution in [0.4, 0.5) is 0 Å². The minimum absolute atomic E-state index is 0.696. The van der Waals surface area contributed by atoms with Crippen molar-refractivity contribution in [1.82, 2.24) is 15.2 Å². The summed E-state index contributed by atoms with van der Waals surface area (Å²) in [5.74, 6) is 1.93. The minimum atomic E-state index is 0.696. The van der Waals surface area contributed by atoms with E-state index in [-0.39, 0.29) is 0 Å². The van der Waals surface area contributed by atoms with E-state index in [0.717, 1.165) is 47.9 Å². The first-order chi connectivity index (χ1) is 11.8. The maximum atomic E-state index is 5.49. The molecule has 0 radical (unpaired) electrons. The molecule has 2 aromatic heterocycles. The Balaban J connectivity index is 1.42. The molecule has 0 saturated carbocycles. The Morgan fingerprint density at radius 3 is 2.71 bits per heavy atom. The summed E-state index contributed by atoms with van der Waals surface area (Å²) in [6.45, 7) is 1.46. The molecule has 0 saturated heterocycles. The first-order valence-electron chi connectivity index (χ1n) is 8.45. The van der Waals surface area contributed by atoms with Gasteiger partial charge in [-0.1, -0.05) is 40.6 Å². The van der Waals surface area contributed by atoms with Crippen LogP contribution in [-0.4, -0.2) is 22.3 Å². The molecule has 0 spiro atoms. The Morgan fingerprint density at radius 1 is 1.00 bits per heavy atom. The monoisotopic (exact) mass is 323 g/mol. The van der Waals surface area contributed by atoms with Crippen LogP contribution in [0.25, 0.3) is 11.3 Å². The van der Waals surface area contributed by atoms with Gasteiger partial charge in [0.2, 0.25) is 0 Å². The average Bonchev–Trinajstić information content (AvgIpc) is 3.23. The van der Waals surface area contributed by atoms with Gasteiger partial charge in [-0.3, -0.25) is 4.90 Å². The second kappa shape index (κ2) is 6.61. The lowest BCUT2D eigenvalue weighted by Crippen LogP contribution is -2.18. The van der Waals surface area contributed by atoms with Gasteiger partial charge in [0.05, 0.1) is 6.54 Å². The Hall–Kier alpha value is -2.40. The molecule has 2 heterocycles. The zero-order valence-corrected chi connectivity index (χ0v) is 13.9. The number of aromatic nitrogens is 2. The summed E-state index contributed by atoms with van der Waals surface area (Å²) < 4.78 is 11.0. The van der Waals surface area contributed by atoms with Crippen LogP contribution in [0.15, 0.2) is 45.4 Å². The highest BCUT2D eigenvalue weighted by molar-refractivity contribution is 5.58. The zero-order valence-electron chi connectivity index (χ0n) is 13.9. The normalized spacial score (nSPS) is 14.1. The standard InChI is InChI=1S/C19H21N3O2/c1-22(13-18-16-9-5-6-10-19(16)24-21-18)12-15-11-17(20-23-15)14-7-3-2-4-8-14/h2-4,7-8,11H,5-6,9-10,12-13H2,1H3. The van der Waals surface area contributed by atoms with E-state index in [1.807, 2.05) is 36.4 Å². The lowest BCUT2D eigenvalue weighted by atomic mass is 9.96. The van der Waals surface area contributed by atoms with Crippen molar-refractivity contribution in [3.05, 3.63) is 59.2 Å². The third-order valence-electron chi connectivity index (χ3n) is 4.51. The quantitative estimate of drug-likeness (QED) is 0.714. The van der Waals surface area contributed by atoms with E-state index in [9.17, 15) is 0 Å². The van der Waals surface area contributed by atoms with Crippen LogP contribution in [0, 0.1) is 0 Å². The fourth-order valence-corrected chi connectivity index (χ4v) is 3.28. The third kappa shape index (κ3) is 3.12. The molecule has 0 atom stereocenters. The first-order valence-corrected chi connectivity index (χ1v) is 8.45. The van der Waals surface area contributed by atoms with Gasteiger partial charge in [0.1, 0.15) is 17.1 Å². The summed E-state index contributed by atoms with van der Waals surface area (Å²) in [5.41, 5.74) is 4.32. The molecule has 3 aromatic rings. The van der Waals surface area contributed by atoms with Crippen LogP contribution in [0.3, 0.4) is 0 Å². The molecular weight excluding hydrogens is 302 g/mol. The van der Waals surface area contributed by atoms with Crippen LogP contribution < -0.4 is 0 Å². The van der Waals surface area contributed by atoms with Crippen molar-refractivity contribution in [3.8, 4) is 11.3 Å². The number of fused-ring (bicyclic) bond motifs is 1. The van der Waals surface area contributed by atoms with Crippen LogP contribution in [0.2, 0.25) is 0 Å². The summed E-state index contributed by atoms with van der Waals surface area (Å²) in [7, 11) is 2.06. The van der Waals surface area contributed by atoms with Gasteiger partial charge in [0.15, 0.2) is 5.76 Å². The summed E-state index contributed by atoms with van der Waals surface area (Å²) in [5, 5.41) is 8.44. The lowest BCUT2D eigenvalue weighted by molar-refractivity contribution is 0.259. The maximum Gasteiger partial charge on any atom is 0.151 e. The molecule has 0 fully saturated rings. The van der Waals surface area contributed by atoms with Gasteiger partial charge in [-0.05, 0) is 26.3 Å². The fourth-order valence-electron chi connectivity index (χ4n) is 3.28. The Bertz CT molecular complexity index is 807.